The van der Waals surface area contributed by atoms with Gasteiger partial charge in [-0.05, 0) is 30.3 Å². The van der Waals surface area contributed by atoms with Gasteiger partial charge in [-0.3, -0.25) is 10.1 Å². The molecule has 116 valence electrons. The molecule has 0 fully saturated rings. The Morgan fingerprint density at radius 1 is 0.917 bits per heavy atom. The first kappa shape index (κ1) is 14.1. The van der Waals surface area contributed by atoms with E-state index in [1.54, 1.807) is 6.07 Å². The van der Waals surface area contributed by atoms with Crippen LogP contribution < -0.4 is 4.74 Å². The second kappa shape index (κ2) is 5.62. The highest BCUT2D eigenvalue weighted by Crippen LogP contribution is 2.36. The standard InChI is InChI=1S/C19H12N2O3/c22-21(23)17-10-11-18(24-14-7-2-1-3-8-14)15-12-13-6-4-5-9-16(13)20-19(15)17/h1-12H. The largest absolute Gasteiger partial charge is 0.457 e. The van der Waals surface area contributed by atoms with E-state index in [0.29, 0.717) is 27.9 Å². The Hall–Kier alpha value is -3.47. The topological polar surface area (TPSA) is 65.3 Å². The summed E-state index contributed by atoms with van der Waals surface area (Å²) in [6.07, 6.45) is 0. The number of hydrogen-bond donors (Lipinski definition) is 0. The molecule has 3 aromatic carbocycles. The van der Waals surface area contributed by atoms with Crippen molar-refractivity contribution in [3.05, 3.63) is 82.9 Å². The molecule has 0 N–H and O–H groups in total. The fourth-order valence-electron chi connectivity index (χ4n) is 2.67. The number of benzene rings is 3. The molecular weight excluding hydrogens is 304 g/mol. The Kier molecular flexibility index (Phi) is 3.31. The van der Waals surface area contributed by atoms with E-state index >= 15 is 0 Å². The van der Waals surface area contributed by atoms with Crippen LogP contribution in [-0.4, -0.2) is 9.91 Å². The maximum atomic E-state index is 11.3. The highest BCUT2D eigenvalue weighted by Gasteiger charge is 2.18. The zero-order chi connectivity index (χ0) is 16.5. The lowest BCUT2D eigenvalue weighted by Crippen LogP contribution is -1.94. The third-order valence-corrected chi connectivity index (χ3v) is 3.79. The maximum absolute atomic E-state index is 11.3. The van der Waals surface area contributed by atoms with Crippen molar-refractivity contribution in [2.45, 2.75) is 0 Å². The van der Waals surface area contributed by atoms with Crippen molar-refractivity contribution in [3.8, 4) is 11.5 Å². The van der Waals surface area contributed by atoms with Gasteiger partial charge in [-0.15, -0.1) is 0 Å². The van der Waals surface area contributed by atoms with E-state index in [1.165, 1.54) is 6.07 Å². The molecule has 24 heavy (non-hydrogen) atoms. The second-order valence-electron chi connectivity index (χ2n) is 5.33. The van der Waals surface area contributed by atoms with Gasteiger partial charge in [0.1, 0.15) is 11.5 Å². The Balaban J connectivity index is 1.98. The van der Waals surface area contributed by atoms with E-state index < -0.39 is 4.92 Å². The molecule has 0 spiro atoms. The number of aromatic nitrogens is 1. The Bertz CT molecular complexity index is 1060. The molecule has 0 aliphatic rings. The van der Waals surface area contributed by atoms with Gasteiger partial charge in [0.15, 0.2) is 5.52 Å². The number of rotatable bonds is 3. The van der Waals surface area contributed by atoms with Gasteiger partial charge < -0.3 is 4.74 Å². The molecule has 0 aliphatic heterocycles. The minimum atomic E-state index is -0.420. The minimum absolute atomic E-state index is 0.0313. The predicted molar refractivity (Wildman–Crippen MR) is 92.4 cm³/mol. The van der Waals surface area contributed by atoms with Crippen molar-refractivity contribution >= 4 is 27.5 Å². The summed E-state index contributed by atoms with van der Waals surface area (Å²) in [5.74, 6) is 1.21. The highest BCUT2D eigenvalue weighted by molar-refractivity contribution is 6.00. The van der Waals surface area contributed by atoms with E-state index in [1.807, 2.05) is 60.7 Å². The van der Waals surface area contributed by atoms with Gasteiger partial charge in [0.05, 0.1) is 15.8 Å². The Morgan fingerprint density at radius 2 is 1.67 bits per heavy atom. The summed E-state index contributed by atoms with van der Waals surface area (Å²) < 4.78 is 5.91. The number of hydrogen-bond acceptors (Lipinski definition) is 4. The Morgan fingerprint density at radius 3 is 2.46 bits per heavy atom. The number of nitro groups is 1. The molecule has 0 aliphatic carbocycles. The molecule has 5 heteroatoms. The first-order chi connectivity index (χ1) is 11.7. The van der Waals surface area contributed by atoms with Crippen molar-refractivity contribution in [2.24, 2.45) is 0 Å². The van der Waals surface area contributed by atoms with E-state index in [-0.39, 0.29) is 5.69 Å². The van der Waals surface area contributed by atoms with Crippen LogP contribution in [0.15, 0.2) is 72.8 Å². The van der Waals surface area contributed by atoms with Gasteiger partial charge in [0.2, 0.25) is 0 Å². The normalized spacial score (nSPS) is 10.8. The lowest BCUT2D eigenvalue weighted by atomic mass is 10.1. The molecule has 0 atom stereocenters. The third-order valence-electron chi connectivity index (χ3n) is 3.79. The van der Waals surface area contributed by atoms with Gasteiger partial charge in [0, 0.05) is 11.5 Å². The number of pyridine rings is 1. The number of non-ortho nitro benzene ring substituents is 1. The van der Waals surface area contributed by atoms with Gasteiger partial charge in [-0.1, -0.05) is 36.4 Å². The summed E-state index contributed by atoms with van der Waals surface area (Å²) in [6.45, 7) is 0. The Labute approximate surface area is 137 Å². The molecule has 1 aromatic heterocycles. The van der Waals surface area contributed by atoms with Gasteiger partial charge in [-0.25, -0.2) is 4.98 Å². The van der Waals surface area contributed by atoms with Crippen molar-refractivity contribution in [2.75, 3.05) is 0 Å². The van der Waals surface area contributed by atoms with Gasteiger partial charge >= 0.3 is 0 Å². The van der Waals surface area contributed by atoms with Crippen molar-refractivity contribution in [3.63, 3.8) is 0 Å². The molecule has 0 saturated carbocycles. The number of ether oxygens (including phenoxy) is 1. The van der Waals surface area contributed by atoms with Crippen LogP contribution in [0.5, 0.6) is 11.5 Å². The highest BCUT2D eigenvalue weighted by atomic mass is 16.6. The molecule has 0 unspecified atom stereocenters. The van der Waals surface area contributed by atoms with Crippen LogP contribution in [0, 0.1) is 10.1 Å². The zero-order valence-electron chi connectivity index (χ0n) is 12.5. The summed E-state index contributed by atoms with van der Waals surface area (Å²) in [5, 5.41) is 12.9. The molecule has 1 heterocycles. The molecule has 0 saturated heterocycles. The number of nitro benzene ring substituents is 1. The maximum Gasteiger partial charge on any atom is 0.295 e. The molecule has 4 aromatic rings. The monoisotopic (exact) mass is 316 g/mol. The first-order valence-corrected chi connectivity index (χ1v) is 7.42. The molecule has 0 bridgehead atoms. The van der Waals surface area contributed by atoms with Crippen molar-refractivity contribution < 1.29 is 9.66 Å². The zero-order valence-corrected chi connectivity index (χ0v) is 12.5. The molecule has 0 radical (unpaired) electrons. The van der Waals surface area contributed by atoms with Crippen molar-refractivity contribution in [1.82, 2.24) is 4.98 Å². The van der Waals surface area contributed by atoms with Crippen LogP contribution in [0.2, 0.25) is 0 Å². The van der Waals surface area contributed by atoms with E-state index in [2.05, 4.69) is 4.98 Å². The fraction of sp³-hybridized carbons (Fsp3) is 0. The number of nitrogens with zero attached hydrogens (tertiary/aromatic N) is 2. The molecule has 0 amide bonds. The average Bonchev–Trinajstić information content (AvgIpc) is 2.61. The van der Waals surface area contributed by atoms with Crippen LogP contribution in [0.25, 0.3) is 21.8 Å². The third kappa shape index (κ3) is 2.42. The van der Waals surface area contributed by atoms with Gasteiger partial charge in [0.25, 0.3) is 5.69 Å². The molecule has 4 rings (SSSR count). The fourth-order valence-corrected chi connectivity index (χ4v) is 2.67. The van der Waals surface area contributed by atoms with Crippen LogP contribution >= 0.6 is 0 Å². The minimum Gasteiger partial charge on any atom is -0.457 e. The van der Waals surface area contributed by atoms with Gasteiger partial charge in [-0.2, -0.15) is 0 Å². The van der Waals surface area contributed by atoms with E-state index in [0.717, 1.165) is 5.39 Å². The van der Waals surface area contributed by atoms with Crippen LogP contribution in [-0.2, 0) is 0 Å². The second-order valence-corrected chi connectivity index (χ2v) is 5.33. The summed E-state index contributed by atoms with van der Waals surface area (Å²) in [7, 11) is 0. The van der Waals surface area contributed by atoms with E-state index in [4.69, 9.17) is 4.74 Å². The van der Waals surface area contributed by atoms with Crippen molar-refractivity contribution in [1.29, 1.82) is 0 Å². The smallest absolute Gasteiger partial charge is 0.295 e. The average molecular weight is 316 g/mol. The van der Waals surface area contributed by atoms with Crippen LogP contribution in [0.3, 0.4) is 0 Å². The molecular formula is C19H12N2O3. The predicted octanol–water partition coefficient (Wildman–Crippen LogP) is 5.09. The summed E-state index contributed by atoms with van der Waals surface area (Å²) in [4.78, 5) is 15.4. The SMILES string of the molecule is O=[N+]([O-])c1ccc(Oc2ccccc2)c2cc3ccccc3nc12. The first-order valence-electron chi connectivity index (χ1n) is 7.42. The lowest BCUT2D eigenvalue weighted by molar-refractivity contribution is -0.383. The van der Waals surface area contributed by atoms with Crippen LogP contribution in [0.4, 0.5) is 5.69 Å². The summed E-state index contributed by atoms with van der Waals surface area (Å²) in [5.41, 5.74) is 1.01. The van der Waals surface area contributed by atoms with Crippen LogP contribution in [0.1, 0.15) is 0 Å². The lowest BCUT2D eigenvalue weighted by Gasteiger charge is -2.10. The molecule has 5 nitrogen and oxygen atoms in total. The van der Waals surface area contributed by atoms with E-state index in [9.17, 15) is 10.1 Å². The quantitative estimate of drug-likeness (QED) is 0.300. The number of para-hydroxylation sites is 2. The summed E-state index contributed by atoms with van der Waals surface area (Å²) >= 11 is 0. The number of fused-ring (bicyclic) bond motifs is 2. The summed E-state index contributed by atoms with van der Waals surface area (Å²) in [6, 6.07) is 21.8.